The molecule has 2 saturated heterocycles. The average molecular weight is 454 g/mol. The Hall–Kier alpha value is -1.51. The zero-order chi connectivity index (χ0) is 24.1. The molecule has 2 fully saturated rings. The van der Waals surface area contributed by atoms with Crippen LogP contribution in [0.3, 0.4) is 0 Å². The van der Waals surface area contributed by atoms with E-state index in [2.05, 4.69) is 18.7 Å². The molecule has 3 atom stereocenters. The second-order valence-corrected chi connectivity index (χ2v) is 10.1. The van der Waals surface area contributed by atoms with Crippen molar-refractivity contribution in [1.82, 2.24) is 14.7 Å². The molecule has 0 aromatic carbocycles. The lowest BCUT2D eigenvalue weighted by Gasteiger charge is -2.41. The number of carbonyl (C=O) groups is 3. The average Bonchev–Trinajstić information content (AvgIpc) is 2.75. The number of esters is 1. The van der Waals surface area contributed by atoms with Crippen LogP contribution in [0.25, 0.3) is 0 Å². The first-order valence-electron chi connectivity index (χ1n) is 12.0. The van der Waals surface area contributed by atoms with Gasteiger partial charge in [-0.15, -0.1) is 0 Å². The highest BCUT2D eigenvalue weighted by Crippen LogP contribution is 2.26. The van der Waals surface area contributed by atoms with E-state index in [0.717, 1.165) is 25.9 Å². The normalized spacial score (nSPS) is 29.8. The van der Waals surface area contributed by atoms with E-state index in [1.54, 1.807) is 27.9 Å². The quantitative estimate of drug-likeness (QED) is 0.477. The first kappa shape index (κ1) is 26.7. The van der Waals surface area contributed by atoms with E-state index in [0.29, 0.717) is 32.1 Å². The Bertz CT molecular complexity index is 658. The third-order valence-corrected chi connectivity index (χ3v) is 7.09. The Morgan fingerprint density at radius 2 is 1.72 bits per heavy atom. The fourth-order valence-corrected chi connectivity index (χ4v) is 4.58. The summed E-state index contributed by atoms with van der Waals surface area (Å²) < 4.78 is 11.3. The molecule has 0 radical (unpaired) electrons. The number of carbonyl (C=O) groups excluding carboxylic acids is 3. The second kappa shape index (κ2) is 11.6. The standard InChI is InChI=1S/C24H43N3O5/c1-17(2)26-13-15-27(16-14-26)22(29)21-18(3)32-23(30)24(4,5)20(28)11-10-19(31-7)9-8-12-25(21)6/h17-19,21H,8-16H2,1-7H3/t18-,19+,21-/m0/s1. The molecule has 0 aromatic rings. The van der Waals surface area contributed by atoms with Crippen molar-refractivity contribution in [3.63, 3.8) is 0 Å². The Balaban J connectivity index is 2.23. The number of Topliss-reactive ketones (excluding diaryl/α,β-unsaturated/α-hetero) is 1. The maximum atomic E-state index is 13.6. The van der Waals surface area contributed by atoms with Crippen LogP contribution in [0.2, 0.25) is 0 Å². The Morgan fingerprint density at radius 1 is 1.09 bits per heavy atom. The predicted molar refractivity (Wildman–Crippen MR) is 123 cm³/mol. The van der Waals surface area contributed by atoms with Crippen molar-refractivity contribution in [2.75, 3.05) is 46.9 Å². The van der Waals surface area contributed by atoms with E-state index in [4.69, 9.17) is 9.47 Å². The van der Waals surface area contributed by atoms with E-state index < -0.39 is 23.5 Å². The predicted octanol–water partition coefficient (Wildman–Crippen LogP) is 1.96. The van der Waals surface area contributed by atoms with Crippen LogP contribution in [0, 0.1) is 5.41 Å². The van der Waals surface area contributed by atoms with Gasteiger partial charge in [0.2, 0.25) is 5.91 Å². The molecule has 184 valence electrons. The smallest absolute Gasteiger partial charge is 0.319 e. The fraction of sp³-hybridized carbons (Fsp3) is 0.875. The number of hydrogen-bond acceptors (Lipinski definition) is 7. The highest BCUT2D eigenvalue weighted by atomic mass is 16.5. The minimum atomic E-state index is -1.25. The number of ether oxygens (including phenoxy) is 2. The second-order valence-electron chi connectivity index (χ2n) is 10.1. The van der Waals surface area contributed by atoms with Crippen LogP contribution in [0.5, 0.6) is 0 Å². The fourth-order valence-electron chi connectivity index (χ4n) is 4.58. The number of piperazine rings is 1. The summed E-state index contributed by atoms with van der Waals surface area (Å²) in [6.45, 7) is 13.0. The van der Waals surface area contributed by atoms with E-state index in [1.165, 1.54) is 0 Å². The van der Waals surface area contributed by atoms with Crippen molar-refractivity contribution in [2.24, 2.45) is 5.41 Å². The van der Waals surface area contributed by atoms with Crippen LogP contribution in [0.4, 0.5) is 0 Å². The molecule has 2 aliphatic rings. The summed E-state index contributed by atoms with van der Waals surface area (Å²) in [5, 5.41) is 0. The topological polar surface area (TPSA) is 79.4 Å². The zero-order valence-electron chi connectivity index (χ0n) is 21.1. The maximum absolute atomic E-state index is 13.6. The third-order valence-electron chi connectivity index (χ3n) is 7.09. The number of ketones is 1. The molecule has 32 heavy (non-hydrogen) atoms. The Labute approximate surface area is 193 Å². The van der Waals surface area contributed by atoms with Crippen molar-refractivity contribution >= 4 is 17.7 Å². The van der Waals surface area contributed by atoms with E-state index in [-0.39, 0.29) is 24.2 Å². The van der Waals surface area contributed by atoms with Gasteiger partial charge in [0, 0.05) is 45.8 Å². The molecule has 0 saturated carbocycles. The summed E-state index contributed by atoms with van der Waals surface area (Å²) in [5.41, 5.74) is -1.25. The lowest BCUT2D eigenvalue weighted by Crippen LogP contribution is -2.58. The minimum Gasteiger partial charge on any atom is -0.460 e. The number of cyclic esters (lactones) is 1. The lowest BCUT2D eigenvalue weighted by molar-refractivity contribution is -0.167. The molecule has 0 unspecified atom stereocenters. The largest absolute Gasteiger partial charge is 0.460 e. The molecular weight excluding hydrogens is 410 g/mol. The van der Waals surface area contributed by atoms with Crippen molar-refractivity contribution < 1.29 is 23.9 Å². The number of nitrogens with zero attached hydrogens (tertiary/aromatic N) is 3. The van der Waals surface area contributed by atoms with Crippen LogP contribution in [0.15, 0.2) is 0 Å². The summed E-state index contributed by atoms with van der Waals surface area (Å²) in [7, 11) is 3.57. The van der Waals surface area contributed by atoms with Crippen LogP contribution in [0.1, 0.15) is 60.3 Å². The number of rotatable bonds is 3. The van der Waals surface area contributed by atoms with E-state index in [9.17, 15) is 14.4 Å². The maximum Gasteiger partial charge on any atom is 0.319 e. The van der Waals surface area contributed by atoms with Crippen LogP contribution in [-0.4, -0.2) is 104 Å². The summed E-state index contributed by atoms with van der Waals surface area (Å²) in [5.74, 6) is -0.741. The Morgan fingerprint density at radius 3 is 2.28 bits per heavy atom. The van der Waals surface area contributed by atoms with Gasteiger partial charge in [-0.05, 0) is 67.5 Å². The van der Waals surface area contributed by atoms with Crippen molar-refractivity contribution in [3.05, 3.63) is 0 Å². The summed E-state index contributed by atoms with van der Waals surface area (Å²) in [6.07, 6.45) is 1.77. The molecule has 2 rings (SSSR count). The zero-order valence-corrected chi connectivity index (χ0v) is 21.1. The third kappa shape index (κ3) is 6.51. The van der Waals surface area contributed by atoms with Gasteiger partial charge in [-0.25, -0.2) is 0 Å². The summed E-state index contributed by atoms with van der Waals surface area (Å²) >= 11 is 0. The van der Waals surface area contributed by atoms with Gasteiger partial charge in [-0.3, -0.25) is 24.2 Å². The number of likely N-dealkylation sites (N-methyl/N-ethyl adjacent to an activating group) is 1. The lowest BCUT2D eigenvalue weighted by atomic mass is 9.85. The molecule has 0 aliphatic carbocycles. The van der Waals surface area contributed by atoms with Crippen LogP contribution >= 0.6 is 0 Å². The van der Waals surface area contributed by atoms with Gasteiger partial charge in [0.15, 0.2) is 0 Å². The molecule has 0 bridgehead atoms. The van der Waals surface area contributed by atoms with E-state index in [1.807, 2.05) is 16.8 Å². The van der Waals surface area contributed by atoms with Gasteiger partial charge in [-0.1, -0.05) is 0 Å². The van der Waals surface area contributed by atoms with Gasteiger partial charge >= 0.3 is 5.97 Å². The number of methoxy groups -OCH3 is 1. The summed E-state index contributed by atoms with van der Waals surface area (Å²) in [4.78, 5) is 45.5. The van der Waals surface area contributed by atoms with Crippen molar-refractivity contribution in [3.8, 4) is 0 Å². The van der Waals surface area contributed by atoms with Crippen LogP contribution in [-0.2, 0) is 23.9 Å². The van der Waals surface area contributed by atoms with Crippen molar-refractivity contribution in [1.29, 1.82) is 0 Å². The van der Waals surface area contributed by atoms with Gasteiger partial charge in [0.05, 0.1) is 6.10 Å². The van der Waals surface area contributed by atoms with Gasteiger partial charge in [-0.2, -0.15) is 0 Å². The van der Waals surface area contributed by atoms with Crippen molar-refractivity contribution in [2.45, 2.75) is 84.6 Å². The molecule has 8 heteroatoms. The number of hydrogen-bond donors (Lipinski definition) is 0. The highest BCUT2D eigenvalue weighted by molar-refractivity contribution is 6.03. The SMILES string of the molecule is CO[C@@H]1CCCN(C)[C@H](C(=O)N2CCN(C(C)C)CC2)[C@H](C)OC(=O)C(C)(C)C(=O)CC1. The van der Waals surface area contributed by atoms with Crippen LogP contribution < -0.4 is 0 Å². The highest BCUT2D eigenvalue weighted by Gasteiger charge is 2.42. The molecule has 0 spiro atoms. The van der Waals surface area contributed by atoms with Gasteiger partial charge in [0.1, 0.15) is 23.3 Å². The molecule has 2 heterocycles. The van der Waals surface area contributed by atoms with E-state index >= 15 is 0 Å². The first-order chi connectivity index (χ1) is 15.0. The molecule has 0 aromatic heterocycles. The number of amides is 1. The molecule has 1 amide bonds. The van der Waals surface area contributed by atoms with Gasteiger partial charge < -0.3 is 14.4 Å². The molecule has 2 aliphatic heterocycles. The first-order valence-corrected chi connectivity index (χ1v) is 12.0. The molecule has 0 N–H and O–H groups in total. The summed E-state index contributed by atoms with van der Waals surface area (Å²) in [6, 6.07) is -0.134. The Kier molecular flexibility index (Phi) is 9.67. The molecule has 8 nitrogen and oxygen atoms in total. The minimum absolute atomic E-state index is 0.0153. The molecular formula is C24H43N3O5. The monoisotopic (exact) mass is 453 g/mol. The van der Waals surface area contributed by atoms with Gasteiger partial charge in [0.25, 0.3) is 0 Å².